The largest absolute Gasteiger partial charge is 0.355 e. The molecule has 1 unspecified atom stereocenters. The van der Waals surface area contributed by atoms with Crippen LogP contribution in [0.5, 0.6) is 0 Å². The van der Waals surface area contributed by atoms with E-state index >= 15 is 0 Å². The van der Waals surface area contributed by atoms with Gasteiger partial charge >= 0.3 is 0 Å². The van der Waals surface area contributed by atoms with Gasteiger partial charge in [-0.2, -0.15) is 4.31 Å². The molecule has 0 spiro atoms. The van der Waals surface area contributed by atoms with Gasteiger partial charge in [0.2, 0.25) is 15.9 Å². The second-order valence-electron chi connectivity index (χ2n) is 9.25. The number of aromatic nitrogens is 1. The molecule has 2 aliphatic rings. The van der Waals surface area contributed by atoms with Crippen molar-refractivity contribution < 1.29 is 17.7 Å². The molecule has 1 amide bonds. The minimum absolute atomic E-state index is 0.0689. The number of carbonyl (C=O) groups excluding carboxylic acids is 1. The van der Waals surface area contributed by atoms with Crippen LogP contribution < -0.4 is 5.32 Å². The highest BCUT2D eigenvalue weighted by molar-refractivity contribution is 7.89. The normalized spacial score (nSPS) is 20.2. The molecule has 0 radical (unpaired) electrons. The molecular weight excluding hydrogens is 452 g/mol. The lowest BCUT2D eigenvalue weighted by molar-refractivity contribution is -0.126. The predicted octanol–water partition coefficient (Wildman–Crippen LogP) is 3.07. The molecule has 8 nitrogen and oxygen atoms in total. The molecule has 2 fully saturated rings. The fourth-order valence-corrected chi connectivity index (χ4v) is 6.41. The minimum atomic E-state index is -3.85. The van der Waals surface area contributed by atoms with Crippen molar-refractivity contribution in [2.45, 2.75) is 44.4 Å². The van der Waals surface area contributed by atoms with Crippen LogP contribution in [0.3, 0.4) is 0 Å². The van der Waals surface area contributed by atoms with Crippen molar-refractivity contribution in [3.63, 3.8) is 0 Å². The Morgan fingerprint density at radius 1 is 1.12 bits per heavy atom. The van der Waals surface area contributed by atoms with Crippen LogP contribution in [-0.4, -0.2) is 68.0 Å². The molecule has 4 rings (SSSR count). The number of benzene rings is 1. The summed E-state index contributed by atoms with van der Waals surface area (Å²) in [6.07, 6.45) is 7.21. The van der Waals surface area contributed by atoms with Gasteiger partial charge in [-0.05, 0) is 64.3 Å². The number of rotatable bonds is 8. The highest BCUT2D eigenvalue weighted by atomic mass is 32.2. The number of nitrogens with zero attached hydrogens (tertiary/aromatic N) is 3. The fourth-order valence-electron chi connectivity index (χ4n) is 4.64. The molecule has 2 saturated heterocycles. The Morgan fingerprint density at radius 3 is 2.59 bits per heavy atom. The van der Waals surface area contributed by atoms with E-state index in [0.29, 0.717) is 31.6 Å². The first-order valence-electron chi connectivity index (χ1n) is 12.1. The Morgan fingerprint density at radius 2 is 1.85 bits per heavy atom. The lowest BCUT2D eigenvalue weighted by Crippen LogP contribution is -2.46. The van der Waals surface area contributed by atoms with Crippen LogP contribution in [0.2, 0.25) is 0 Å². The average molecular weight is 487 g/mol. The third kappa shape index (κ3) is 5.76. The van der Waals surface area contributed by atoms with E-state index in [2.05, 4.69) is 15.4 Å². The highest BCUT2D eigenvalue weighted by Gasteiger charge is 2.36. The molecule has 0 aliphatic carbocycles. The van der Waals surface area contributed by atoms with Crippen LogP contribution in [-0.2, 0) is 14.8 Å². The van der Waals surface area contributed by atoms with E-state index in [1.165, 1.54) is 17.1 Å². The monoisotopic (exact) mass is 486 g/mol. The molecule has 1 N–H and O–H groups in total. The summed E-state index contributed by atoms with van der Waals surface area (Å²) in [6, 6.07) is 7.90. The first kappa shape index (κ1) is 24.6. The Labute approximate surface area is 202 Å². The van der Waals surface area contributed by atoms with Crippen molar-refractivity contribution >= 4 is 28.1 Å². The van der Waals surface area contributed by atoms with E-state index in [9.17, 15) is 13.2 Å². The molecule has 0 saturated carbocycles. The Balaban J connectivity index is 1.43. The van der Waals surface area contributed by atoms with E-state index in [1.807, 2.05) is 37.3 Å². The Hall–Kier alpha value is -2.49. The molecule has 0 bridgehead atoms. The van der Waals surface area contributed by atoms with E-state index in [4.69, 9.17) is 4.52 Å². The van der Waals surface area contributed by atoms with Gasteiger partial charge in [-0.3, -0.25) is 4.79 Å². The molecule has 9 heteroatoms. The van der Waals surface area contributed by atoms with Crippen molar-refractivity contribution in [2.75, 3.05) is 39.3 Å². The summed E-state index contributed by atoms with van der Waals surface area (Å²) >= 11 is 0. The standard InChI is InChI=1S/C25H34N4O4S/c1-19-7-9-21(10-8-19)11-12-23-24(20(2)27-33-23)34(31,32)29-16-5-6-22(18-29)25(30)26-13-17-28-14-3-4-15-28/h7-12,22H,3-6,13-18H2,1-2H3,(H,26,30)/b12-11+. The van der Waals surface area contributed by atoms with E-state index in [-0.39, 0.29) is 29.0 Å². The number of amides is 1. The van der Waals surface area contributed by atoms with Gasteiger partial charge in [0.05, 0.1) is 5.92 Å². The highest BCUT2D eigenvalue weighted by Crippen LogP contribution is 2.29. The molecule has 2 aliphatic heterocycles. The lowest BCUT2D eigenvalue weighted by Gasteiger charge is -2.31. The third-order valence-electron chi connectivity index (χ3n) is 6.62. The number of likely N-dealkylation sites (tertiary alicyclic amines) is 1. The number of sulfonamides is 1. The SMILES string of the molecule is Cc1ccc(/C=C/c2onc(C)c2S(=O)(=O)N2CCCC(C(=O)NCCN3CCCC3)C2)cc1. The van der Waals surface area contributed by atoms with Crippen molar-refractivity contribution in [2.24, 2.45) is 5.92 Å². The van der Waals surface area contributed by atoms with Crippen LogP contribution in [0.4, 0.5) is 0 Å². The zero-order chi connectivity index (χ0) is 24.1. The molecule has 2 aromatic rings. The van der Waals surface area contributed by atoms with Crippen LogP contribution >= 0.6 is 0 Å². The number of piperidine rings is 1. The maximum absolute atomic E-state index is 13.6. The molecule has 34 heavy (non-hydrogen) atoms. The average Bonchev–Trinajstić information content (AvgIpc) is 3.48. The Kier molecular flexibility index (Phi) is 7.85. The maximum atomic E-state index is 13.6. The quantitative estimate of drug-likeness (QED) is 0.616. The van der Waals surface area contributed by atoms with Gasteiger partial charge in [-0.1, -0.05) is 41.1 Å². The number of hydrogen-bond acceptors (Lipinski definition) is 6. The number of nitrogens with one attached hydrogen (secondary N) is 1. The summed E-state index contributed by atoms with van der Waals surface area (Å²) in [5.74, 6) is -0.218. The van der Waals surface area contributed by atoms with Crippen molar-refractivity contribution in [1.29, 1.82) is 0 Å². The zero-order valence-corrected chi connectivity index (χ0v) is 20.8. The van der Waals surface area contributed by atoms with Crippen LogP contribution in [0.25, 0.3) is 12.2 Å². The van der Waals surface area contributed by atoms with E-state index in [1.54, 1.807) is 13.0 Å². The van der Waals surface area contributed by atoms with Gasteiger partial charge in [-0.15, -0.1) is 0 Å². The Bertz CT molecular complexity index is 1120. The second-order valence-corrected chi connectivity index (χ2v) is 11.1. The molecule has 1 aromatic heterocycles. The van der Waals surface area contributed by atoms with E-state index in [0.717, 1.165) is 30.8 Å². The molecule has 1 aromatic carbocycles. The van der Waals surface area contributed by atoms with Crippen molar-refractivity contribution in [3.8, 4) is 0 Å². The molecular formula is C25H34N4O4S. The summed E-state index contributed by atoms with van der Waals surface area (Å²) in [4.78, 5) is 15.2. The fraction of sp³-hybridized carbons (Fsp3) is 0.520. The number of aryl methyl sites for hydroxylation is 2. The topological polar surface area (TPSA) is 95.8 Å². The molecule has 1 atom stereocenters. The van der Waals surface area contributed by atoms with Crippen molar-refractivity contribution in [3.05, 3.63) is 46.8 Å². The first-order chi connectivity index (χ1) is 16.3. The van der Waals surface area contributed by atoms with Gasteiger partial charge in [0, 0.05) is 26.2 Å². The van der Waals surface area contributed by atoms with Crippen LogP contribution in [0.1, 0.15) is 48.3 Å². The summed E-state index contributed by atoms with van der Waals surface area (Å²) in [7, 11) is -3.85. The van der Waals surface area contributed by atoms with E-state index < -0.39 is 10.0 Å². The minimum Gasteiger partial charge on any atom is -0.355 e. The van der Waals surface area contributed by atoms with Gasteiger partial charge in [0.1, 0.15) is 5.69 Å². The summed E-state index contributed by atoms with van der Waals surface area (Å²) in [5.41, 5.74) is 2.41. The third-order valence-corrected chi connectivity index (χ3v) is 8.64. The van der Waals surface area contributed by atoms with Gasteiger partial charge in [0.15, 0.2) is 10.7 Å². The molecule has 3 heterocycles. The summed E-state index contributed by atoms with van der Waals surface area (Å²) in [5, 5.41) is 6.93. The zero-order valence-electron chi connectivity index (χ0n) is 20.0. The lowest BCUT2D eigenvalue weighted by atomic mass is 9.99. The van der Waals surface area contributed by atoms with Gasteiger partial charge in [-0.25, -0.2) is 8.42 Å². The predicted molar refractivity (Wildman–Crippen MR) is 132 cm³/mol. The second kappa shape index (κ2) is 10.8. The number of hydrogen-bond donors (Lipinski definition) is 1. The maximum Gasteiger partial charge on any atom is 0.248 e. The first-order valence-corrected chi connectivity index (χ1v) is 13.5. The van der Waals surface area contributed by atoms with Crippen LogP contribution in [0, 0.1) is 19.8 Å². The van der Waals surface area contributed by atoms with Gasteiger partial charge in [0.25, 0.3) is 0 Å². The van der Waals surface area contributed by atoms with Gasteiger partial charge < -0.3 is 14.7 Å². The summed E-state index contributed by atoms with van der Waals surface area (Å²) < 4.78 is 33.9. The summed E-state index contributed by atoms with van der Waals surface area (Å²) in [6.45, 7) is 7.81. The van der Waals surface area contributed by atoms with Crippen LogP contribution in [0.15, 0.2) is 33.7 Å². The smallest absolute Gasteiger partial charge is 0.248 e. The molecule has 184 valence electrons. The van der Waals surface area contributed by atoms with Crippen molar-refractivity contribution in [1.82, 2.24) is 19.7 Å². The number of carbonyl (C=O) groups is 1.